The minimum absolute atomic E-state index is 0.597. The van der Waals surface area contributed by atoms with Crippen LogP contribution in [0.15, 0.2) is 48.5 Å². The summed E-state index contributed by atoms with van der Waals surface area (Å²) in [5.74, 6) is 2.87. The molecular formula is C23H28N4O2. The van der Waals surface area contributed by atoms with Gasteiger partial charge >= 0.3 is 0 Å². The summed E-state index contributed by atoms with van der Waals surface area (Å²) in [6.45, 7) is 4.85. The Bertz CT molecular complexity index is 959. The SMILES string of the molecule is CCc1ccccc1Nc1nc(C)cc(NCCc2ccc(OC)c(OC)c2)n1. The molecule has 29 heavy (non-hydrogen) atoms. The average molecular weight is 393 g/mol. The maximum absolute atomic E-state index is 5.37. The number of para-hydroxylation sites is 1. The van der Waals surface area contributed by atoms with Crippen LogP contribution in [0.1, 0.15) is 23.7 Å². The molecule has 0 spiro atoms. The smallest absolute Gasteiger partial charge is 0.229 e. The van der Waals surface area contributed by atoms with Crippen molar-refractivity contribution in [2.24, 2.45) is 0 Å². The van der Waals surface area contributed by atoms with Gasteiger partial charge in [0.05, 0.1) is 14.2 Å². The third-order valence-corrected chi connectivity index (χ3v) is 4.67. The number of benzene rings is 2. The van der Waals surface area contributed by atoms with Gasteiger partial charge in [-0.25, -0.2) is 4.98 Å². The fraction of sp³-hybridized carbons (Fsp3) is 0.304. The van der Waals surface area contributed by atoms with Crippen molar-refractivity contribution < 1.29 is 9.47 Å². The lowest BCUT2D eigenvalue weighted by molar-refractivity contribution is 0.354. The van der Waals surface area contributed by atoms with Gasteiger partial charge in [0.25, 0.3) is 0 Å². The van der Waals surface area contributed by atoms with E-state index in [4.69, 9.17) is 9.47 Å². The van der Waals surface area contributed by atoms with Crippen LogP contribution in [0.5, 0.6) is 11.5 Å². The van der Waals surface area contributed by atoms with E-state index in [-0.39, 0.29) is 0 Å². The number of nitrogens with zero attached hydrogens (tertiary/aromatic N) is 2. The Morgan fingerprint density at radius 3 is 2.48 bits per heavy atom. The number of nitrogens with one attached hydrogen (secondary N) is 2. The summed E-state index contributed by atoms with van der Waals surface area (Å²) in [5.41, 5.74) is 4.35. The molecule has 0 bridgehead atoms. The van der Waals surface area contributed by atoms with Crippen molar-refractivity contribution in [2.75, 3.05) is 31.4 Å². The minimum atomic E-state index is 0.597. The molecule has 3 rings (SSSR count). The van der Waals surface area contributed by atoms with Gasteiger partial charge in [0, 0.05) is 24.0 Å². The average Bonchev–Trinajstić information content (AvgIpc) is 2.73. The van der Waals surface area contributed by atoms with Crippen LogP contribution in [0, 0.1) is 6.92 Å². The van der Waals surface area contributed by atoms with Gasteiger partial charge < -0.3 is 20.1 Å². The van der Waals surface area contributed by atoms with E-state index in [1.54, 1.807) is 14.2 Å². The number of methoxy groups -OCH3 is 2. The second-order valence-electron chi connectivity index (χ2n) is 6.72. The fourth-order valence-corrected chi connectivity index (χ4v) is 3.16. The van der Waals surface area contributed by atoms with Crippen LogP contribution in [0.4, 0.5) is 17.5 Å². The molecule has 6 heteroatoms. The molecule has 0 atom stereocenters. The van der Waals surface area contributed by atoms with Crippen LogP contribution in [0.2, 0.25) is 0 Å². The third kappa shape index (κ3) is 5.38. The van der Waals surface area contributed by atoms with Crippen molar-refractivity contribution >= 4 is 17.5 Å². The Kier molecular flexibility index (Phi) is 6.89. The highest BCUT2D eigenvalue weighted by molar-refractivity contribution is 5.59. The molecule has 2 aromatic carbocycles. The summed E-state index contributed by atoms with van der Waals surface area (Å²) in [6, 6.07) is 16.1. The third-order valence-electron chi connectivity index (χ3n) is 4.67. The van der Waals surface area contributed by atoms with E-state index in [2.05, 4.69) is 39.7 Å². The van der Waals surface area contributed by atoms with Crippen molar-refractivity contribution in [1.29, 1.82) is 0 Å². The second kappa shape index (κ2) is 9.78. The van der Waals surface area contributed by atoms with Gasteiger partial charge in [0.1, 0.15) is 5.82 Å². The number of hydrogen-bond donors (Lipinski definition) is 2. The number of aromatic nitrogens is 2. The first-order valence-corrected chi connectivity index (χ1v) is 9.78. The van der Waals surface area contributed by atoms with Gasteiger partial charge in [-0.15, -0.1) is 0 Å². The molecule has 0 amide bonds. The van der Waals surface area contributed by atoms with Crippen LogP contribution in [0.3, 0.4) is 0 Å². The summed E-state index contributed by atoms with van der Waals surface area (Å²) >= 11 is 0. The molecule has 0 saturated carbocycles. The maximum atomic E-state index is 5.37. The van der Waals surface area contributed by atoms with Gasteiger partial charge in [0.15, 0.2) is 11.5 Å². The summed E-state index contributed by atoms with van der Waals surface area (Å²) in [5, 5.41) is 6.74. The zero-order chi connectivity index (χ0) is 20.6. The molecular weight excluding hydrogens is 364 g/mol. The zero-order valence-electron chi connectivity index (χ0n) is 17.5. The molecule has 0 fully saturated rings. The Hall–Kier alpha value is -3.28. The number of hydrogen-bond acceptors (Lipinski definition) is 6. The maximum Gasteiger partial charge on any atom is 0.229 e. The molecule has 1 aromatic heterocycles. The normalized spacial score (nSPS) is 10.5. The van der Waals surface area contributed by atoms with Crippen molar-refractivity contribution in [2.45, 2.75) is 26.7 Å². The topological polar surface area (TPSA) is 68.3 Å². The van der Waals surface area contributed by atoms with E-state index >= 15 is 0 Å². The first-order chi connectivity index (χ1) is 14.1. The van der Waals surface area contributed by atoms with Gasteiger partial charge in [-0.2, -0.15) is 4.98 Å². The molecule has 1 heterocycles. The van der Waals surface area contributed by atoms with E-state index < -0.39 is 0 Å². The zero-order valence-corrected chi connectivity index (χ0v) is 17.5. The van der Waals surface area contributed by atoms with Crippen LogP contribution >= 0.6 is 0 Å². The molecule has 6 nitrogen and oxygen atoms in total. The molecule has 0 unspecified atom stereocenters. The second-order valence-corrected chi connectivity index (χ2v) is 6.72. The highest BCUT2D eigenvalue weighted by Gasteiger charge is 2.07. The van der Waals surface area contributed by atoms with E-state index in [1.807, 2.05) is 43.3 Å². The highest BCUT2D eigenvalue weighted by atomic mass is 16.5. The Morgan fingerprint density at radius 2 is 1.72 bits per heavy atom. The predicted molar refractivity (Wildman–Crippen MR) is 118 cm³/mol. The Labute approximate surface area is 172 Å². The van der Waals surface area contributed by atoms with E-state index in [9.17, 15) is 0 Å². The fourth-order valence-electron chi connectivity index (χ4n) is 3.16. The molecule has 0 aliphatic heterocycles. The Morgan fingerprint density at radius 1 is 0.931 bits per heavy atom. The first-order valence-electron chi connectivity index (χ1n) is 9.78. The molecule has 2 N–H and O–H groups in total. The molecule has 3 aromatic rings. The van der Waals surface area contributed by atoms with Crippen LogP contribution in [0.25, 0.3) is 0 Å². The standard InChI is InChI=1S/C23H28N4O2/c1-5-18-8-6-7-9-19(18)26-23-25-16(2)14-22(27-23)24-13-12-17-10-11-20(28-3)21(15-17)29-4/h6-11,14-15H,5,12-13H2,1-4H3,(H2,24,25,26,27). The number of anilines is 3. The lowest BCUT2D eigenvalue weighted by atomic mass is 10.1. The molecule has 0 aliphatic carbocycles. The van der Waals surface area contributed by atoms with Crippen LogP contribution in [-0.2, 0) is 12.8 Å². The Balaban J connectivity index is 1.66. The summed E-state index contributed by atoms with van der Waals surface area (Å²) < 4.78 is 10.7. The highest BCUT2D eigenvalue weighted by Crippen LogP contribution is 2.27. The largest absolute Gasteiger partial charge is 0.493 e. The summed E-state index contributed by atoms with van der Waals surface area (Å²) in [4.78, 5) is 9.14. The van der Waals surface area contributed by atoms with Crippen LogP contribution in [-0.4, -0.2) is 30.7 Å². The van der Waals surface area contributed by atoms with E-state index in [1.165, 1.54) is 5.56 Å². The van der Waals surface area contributed by atoms with Crippen LogP contribution < -0.4 is 20.1 Å². The minimum Gasteiger partial charge on any atom is -0.493 e. The quantitative estimate of drug-likeness (QED) is 0.547. The van der Waals surface area contributed by atoms with Crippen molar-refractivity contribution in [3.63, 3.8) is 0 Å². The number of aryl methyl sites for hydroxylation is 2. The van der Waals surface area contributed by atoms with Crippen molar-refractivity contribution in [3.05, 3.63) is 65.4 Å². The van der Waals surface area contributed by atoms with Gasteiger partial charge in [0.2, 0.25) is 5.95 Å². The molecule has 0 aliphatic rings. The lowest BCUT2D eigenvalue weighted by Crippen LogP contribution is -2.09. The van der Waals surface area contributed by atoms with Crippen molar-refractivity contribution in [1.82, 2.24) is 9.97 Å². The number of rotatable bonds is 9. The first kappa shape index (κ1) is 20.5. The monoisotopic (exact) mass is 392 g/mol. The van der Waals surface area contributed by atoms with E-state index in [0.717, 1.165) is 53.6 Å². The van der Waals surface area contributed by atoms with Gasteiger partial charge in [-0.05, 0) is 49.1 Å². The van der Waals surface area contributed by atoms with E-state index in [0.29, 0.717) is 5.95 Å². The number of ether oxygens (including phenoxy) is 2. The molecule has 152 valence electrons. The molecule has 0 saturated heterocycles. The summed E-state index contributed by atoms with van der Waals surface area (Å²) in [6.07, 6.45) is 1.79. The molecule has 0 radical (unpaired) electrons. The summed E-state index contributed by atoms with van der Waals surface area (Å²) in [7, 11) is 3.29. The van der Waals surface area contributed by atoms with Crippen molar-refractivity contribution in [3.8, 4) is 11.5 Å². The predicted octanol–water partition coefficient (Wildman–Crippen LogP) is 4.76. The lowest BCUT2D eigenvalue weighted by Gasteiger charge is -2.13. The van der Waals surface area contributed by atoms with Gasteiger partial charge in [-0.1, -0.05) is 31.2 Å². The van der Waals surface area contributed by atoms with Gasteiger partial charge in [-0.3, -0.25) is 0 Å².